The van der Waals surface area contributed by atoms with Gasteiger partial charge in [-0.05, 0) is 66.9 Å². The Morgan fingerprint density at radius 2 is 2.02 bits per heavy atom. The normalized spacial score (nSPS) is 18.4. The van der Waals surface area contributed by atoms with Crippen LogP contribution in [0.2, 0.25) is 0 Å². The van der Waals surface area contributed by atoms with Gasteiger partial charge in [0.1, 0.15) is 11.8 Å². The highest BCUT2D eigenvalue weighted by molar-refractivity contribution is 7.14. The lowest BCUT2D eigenvalue weighted by molar-refractivity contribution is 0.0931. The Balaban J connectivity index is 1.08. The fourth-order valence-electron chi connectivity index (χ4n) is 5.18. The summed E-state index contributed by atoms with van der Waals surface area (Å²) in [5.74, 6) is -0.838. The van der Waals surface area contributed by atoms with Gasteiger partial charge >= 0.3 is 6.09 Å². The average Bonchev–Trinajstić information content (AvgIpc) is 3.77. The highest BCUT2D eigenvalue weighted by Gasteiger charge is 2.29. The molecule has 1 aromatic carbocycles. The number of pyridine rings is 1. The Labute approximate surface area is 240 Å². The number of carbonyl (C=O) groups is 2. The maximum absolute atomic E-state index is 13.5. The number of aromatic nitrogens is 3. The van der Waals surface area contributed by atoms with Gasteiger partial charge in [-0.3, -0.25) is 15.4 Å². The van der Waals surface area contributed by atoms with Crippen molar-refractivity contribution in [1.29, 1.82) is 0 Å². The average molecular weight is 577 g/mol. The lowest BCUT2D eigenvalue weighted by Gasteiger charge is -2.26. The minimum Gasteiger partial charge on any atom is -0.443 e. The van der Waals surface area contributed by atoms with Crippen LogP contribution in [0.5, 0.6) is 0 Å². The smallest absolute Gasteiger partial charge is 0.411 e. The van der Waals surface area contributed by atoms with E-state index in [1.807, 2.05) is 29.6 Å². The molecule has 0 saturated carbocycles. The molecule has 2 amide bonds. The van der Waals surface area contributed by atoms with Gasteiger partial charge in [0.15, 0.2) is 5.13 Å². The zero-order valence-electron chi connectivity index (χ0n) is 22.2. The van der Waals surface area contributed by atoms with Gasteiger partial charge in [0.2, 0.25) is 5.95 Å². The number of amides is 2. The third-order valence-electron chi connectivity index (χ3n) is 7.15. The maximum Gasteiger partial charge on any atom is 0.411 e. The van der Waals surface area contributed by atoms with Gasteiger partial charge in [0.25, 0.3) is 5.91 Å². The fourth-order valence-corrected chi connectivity index (χ4v) is 5.93. The molecule has 10 nitrogen and oxygen atoms in total. The molecule has 0 aliphatic carbocycles. The molecule has 2 aliphatic rings. The van der Waals surface area contributed by atoms with Crippen LogP contribution in [0, 0.1) is 5.95 Å². The Morgan fingerprint density at radius 1 is 1.15 bits per heavy atom. The third kappa shape index (κ3) is 6.39. The van der Waals surface area contributed by atoms with Gasteiger partial charge in [-0.15, -0.1) is 11.3 Å². The summed E-state index contributed by atoms with van der Waals surface area (Å²) < 4.78 is 25.9. The number of benzene rings is 1. The standard InChI is InChI=1S/C29H29FN6O4S/c30-26-15-19(9-11-31-26)16-35-12-1-4-25(35)27(37)34-28-33-23(18-41-28)24-3-2-13-36(24)21-7-5-20(6-8-21)32-29(38)40-22-10-14-39-17-22/h1,4-9,11-12,15,18,22,24H,2-3,10,13-14,16-17H2,(H,32,38)(H,33,34,37)/t22-,24-/m1/s1. The summed E-state index contributed by atoms with van der Waals surface area (Å²) in [7, 11) is 0. The Kier molecular flexibility index (Phi) is 7.92. The first-order chi connectivity index (χ1) is 20.0. The number of hydrogen-bond acceptors (Lipinski definition) is 8. The van der Waals surface area contributed by atoms with Gasteiger partial charge in [-0.25, -0.2) is 14.8 Å². The summed E-state index contributed by atoms with van der Waals surface area (Å²) in [6.45, 7) is 2.28. The molecule has 2 saturated heterocycles. The molecule has 4 aromatic rings. The largest absolute Gasteiger partial charge is 0.443 e. The molecule has 0 unspecified atom stereocenters. The van der Waals surface area contributed by atoms with Crippen molar-refractivity contribution in [2.45, 2.75) is 38.0 Å². The van der Waals surface area contributed by atoms with Crippen LogP contribution in [0.1, 0.15) is 47.1 Å². The number of halogens is 1. The summed E-state index contributed by atoms with van der Waals surface area (Å²) in [6.07, 6.45) is 5.19. The number of nitrogens with zero attached hydrogens (tertiary/aromatic N) is 4. The fraction of sp³-hybridized carbons (Fsp3) is 0.310. The van der Waals surface area contributed by atoms with Crippen LogP contribution < -0.4 is 15.5 Å². The molecule has 0 radical (unpaired) electrons. The Hall–Kier alpha value is -4.29. The van der Waals surface area contributed by atoms with E-state index in [0.717, 1.165) is 30.8 Å². The van der Waals surface area contributed by atoms with E-state index in [4.69, 9.17) is 14.5 Å². The van der Waals surface area contributed by atoms with Crippen LogP contribution in [0.15, 0.2) is 66.3 Å². The van der Waals surface area contributed by atoms with Gasteiger partial charge in [-0.2, -0.15) is 4.39 Å². The van der Waals surface area contributed by atoms with Gasteiger partial charge < -0.3 is 18.9 Å². The number of rotatable bonds is 8. The second-order valence-electron chi connectivity index (χ2n) is 9.95. The molecule has 5 heterocycles. The minimum absolute atomic E-state index is 0.0773. The molecule has 41 heavy (non-hydrogen) atoms. The number of anilines is 3. The van der Waals surface area contributed by atoms with E-state index in [2.05, 4.69) is 20.5 Å². The Bertz CT molecular complexity index is 1520. The van der Waals surface area contributed by atoms with E-state index in [0.29, 0.717) is 48.3 Å². The minimum atomic E-state index is -0.556. The molecule has 6 rings (SSSR count). The molecule has 2 aliphatic heterocycles. The van der Waals surface area contributed by atoms with Crippen molar-refractivity contribution in [2.75, 3.05) is 35.3 Å². The molecule has 2 N–H and O–H groups in total. The van der Waals surface area contributed by atoms with Crippen molar-refractivity contribution in [1.82, 2.24) is 14.5 Å². The van der Waals surface area contributed by atoms with Crippen LogP contribution in [0.4, 0.5) is 25.7 Å². The van der Waals surface area contributed by atoms with Crippen molar-refractivity contribution in [3.63, 3.8) is 0 Å². The first kappa shape index (κ1) is 26.9. The summed E-state index contributed by atoms with van der Waals surface area (Å²) in [4.78, 5) is 35.8. The second-order valence-corrected chi connectivity index (χ2v) is 10.8. The summed E-state index contributed by atoms with van der Waals surface area (Å²) in [5, 5.41) is 8.19. The number of thiazole rings is 1. The quantitative estimate of drug-likeness (QED) is 0.268. The highest BCUT2D eigenvalue weighted by atomic mass is 32.1. The van der Waals surface area contributed by atoms with Crippen molar-refractivity contribution in [2.24, 2.45) is 0 Å². The van der Waals surface area contributed by atoms with Crippen LogP contribution in [0.25, 0.3) is 0 Å². The molecule has 0 spiro atoms. The summed E-state index contributed by atoms with van der Waals surface area (Å²) in [5.41, 5.74) is 3.75. The summed E-state index contributed by atoms with van der Waals surface area (Å²) in [6, 6.07) is 14.3. The van der Waals surface area contributed by atoms with E-state index in [1.54, 1.807) is 29.0 Å². The van der Waals surface area contributed by atoms with Crippen LogP contribution in [-0.4, -0.2) is 52.4 Å². The molecule has 212 valence electrons. The van der Waals surface area contributed by atoms with Crippen molar-refractivity contribution in [3.8, 4) is 0 Å². The predicted octanol–water partition coefficient (Wildman–Crippen LogP) is 5.46. The molecule has 3 aromatic heterocycles. The zero-order valence-corrected chi connectivity index (χ0v) is 23.0. The van der Waals surface area contributed by atoms with E-state index in [-0.39, 0.29) is 18.1 Å². The summed E-state index contributed by atoms with van der Waals surface area (Å²) >= 11 is 1.39. The third-order valence-corrected chi connectivity index (χ3v) is 7.93. The number of nitrogens with one attached hydrogen (secondary N) is 2. The first-order valence-corrected chi connectivity index (χ1v) is 14.3. The van der Waals surface area contributed by atoms with Crippen LogP contribution >= 0.6 is 11.3 Å². The topological polar surface area (TPSA) is 111 Å². The molecule has 2 atom stereocenters. The lowest BCUT2D eigenvalue weighted by atomic mass is 10.1. The van der Waals surface area contributed by atoms with E-state index >= 15 is 0 Å². The lowest BCUT2D eigenvalue weighted by Crippen LogP contribution is -2.23. The van der Waals surface area contributed by atoms with Gasteiger partial charge in [0.05, 0.1) is 24.9 Å². The monoisotopic (exact) mass is 576 g/mol. The SMILES string of the molecule is O=C(Nc1ccc(N2CCC[C@@H]2c2csc(NC(=O)c3cccn3Cc3ccnc(F)c3)n2)cc1)O[C@@H]1CCOC1. The molecule has 2 fully saturated rings. The zero-order chi connectivity index (χ0) is 28.2. The maximum atomic E-state index is 13.5. The van der Waals surface area contributed by atoms with Gasteiger partial charge in [-0.1, -0.05) is 0 Å². The van der Waals surface area contributed by atoms with E-state index in [1.165, 1.54) is 23.6 Å². The molecule has 0 bridgehead atoms. The molecular formula is C29H29FN6O4S. The van der Waals surface area contributed by atoms with Crippen molar-refractivity contribution < 1.29 is 23.5 Å². The number of hydrogen-bond donors (Lipinski definition) is 2. The van der Waals surface area contributed by atoms with Crippen LogP contribution in [0.3, 0.4) is 0 Å². The van der Waals surface area contributed by atoms with Crippen molar-refractivity contribution >= 4 is 39.8 Å². The predicted molar refractivity (Wildman–Crippen MR) is 153 cm³/mol. The van der Waals surface area contributed by atoms with E-state index in [9.17, 15) is 14.0 Å². The first-order valence-electron chi connectivity index (χ1n) is 13.5. The van der Waals surface area contributed by atoms with E-state index < -0.39 is 12.0 Å². The number of carbonyl (C=O) groups excluding carboxylic acids is 2. The highest BCUT2D eigenvalue weighted by Crippen LogP contribution is 2.37. The second kappa shape index (κ2) is 12.1. The van der Waals surface area contributed by atoms with Crippen molar-refractivity contribution in [3.05, 3.63) is 89.2 Å². The van der Waals surface area contributed by atoms with Gasteiger partial charge in [0, 0.05) is 48.7 Å². The number of ether oxygens (including phenoxy) is 2. The molecule has 12 heteroatoms. The molecular weight excluding hydrogens is 547 g/mol. The Morgan fingerprint density at radius 3 is 2.83 bits per heavy atom. The van der Waals surface area contributed by atoms with Crippen LogP contribution in [-0.2, 0) is 16.0 Å².